The van der Waals surface area contributed by atoms with E-state index in [9.17, 15) is 4.79 Å². The normalized spacial score (nSPS) is 10.6. The molecule has 0 aliphatic rings. The van der Waals surface area contributed by atoms with Crippen LogP contribution in [-0.4, -0.2) is 28.0 Å². The highest BCUT2D eigenvalue weighted by molar-refractivity contribution is 6.35. The summed E-state index contributed by atoms with van der Waals surface area (Å²) in [6.07, 6.45) is 0. The zero-order chi connectivity index (χ0) is 18.5. The summed E-state index contributed by atoms with van der Waals surface area (Å²) < 4.78 is 10.9. The number of esters is 1. The van der Waals surface area contributed by atoms with Crippen LogP contribution in [0.5, 0.6) is 5.75 Å². The molecule has 1 heterocycles. The number of aromatic nitrogens is 3. The lowest BCUT2D eigenvalue weighted by Gasteiger charge is -2.12. The molecule has 0 aliphatic carbocycles. The van der Waals surface area contributed by atoms with Crippen molar-refractivity contribution in [2.24, 2.45) is 0 Å². The molecule has 1 aromatic heterocycles. The smallest absolute Gasteiger partial charge is 0.361 e. The van der Waals surface area contributed by atoms with Crippen molar-refractivity contribution in [1.29, 1.82) is 0 Å². The van der Waals surface area contributed by atoms with Gasteiger partial charge in [0.15, 0.2) is 5.69 Å². The van der Waals surface area contributed by atoms with Crippen LogP contribution in [0.3, 0.4) is 0 Å². The Morgan fingerprint density at radius 3 is 2.54 bits per heavy atom. The molecule has 0 radical (unpaired) electrons. The van der Waals surface area contributed by atoms with Crippen molar-refractivity contribution in [3.8, 4) is 17.0 Å². The van der Waals surface area contributed by atoms with Crippen LogP contribution in [0.2, 0.25) is 10.0 Å². The summed E-state index contributed by atoms with van der Waals surface area (Å²) in [5.41, 5.74) is 1.73. The lowest BCUT2D eigenvalue weighted by molar-refractivity contribution is 0.0520. The minimum absolute atomic E-state index is 0.0960. The average molecular weight is 392 g/mol. The number of ether oxygens (including phenoxy) is 2. The van der Waals surface area contributed by atoms with Crippen molar-refractivity contribution >= 4 is 29.2 Å². The second-order valence-electron chi connectivity index (χ2n) is 5.23. The number of para-hydroxylation sites is 1. The monoisotopic (exact) mass is 391 g/mol. The maximum Gasteiger partial charge on any atom is 0.361 e. The van der Waals surface area contributed by atoms with Gasteiger partial charge in [-0.05, 0) is 31.2 Å². The Morgan fingerprint density at radius 2 is 1.81 bits per heavy atom. The number of rotatable bonds is 6. The first-order valence-electron chi connectivity index (χ1n) is 7.84. The predicted molar refractivity (Wildman–Crippen MR) is 98.6 cm³/mol. The van der Waals surface area contributed by atoms with E-state index in [0.29, 0.717) is 32.6 Å². The lowest BCUT2D eigenvalue weighted by Crippen LogP contribution is -2.07. The van der Waals surface area contributed by atoms with Crippen LogP contribution in [0.1, 0.15) is 23.0 Å². The molecule has 0 unspecified atom stereocenters. The molecule has 0 saturated heterocycles. The second-order valence-corrected chi connectivity index (χ2v) is 6.04. The van der Waals surface area contributed by atoms with Gasteiger partial charge < -0.3 is 9.47 Å². The average Bonchev–Trinajstić information content (AvgIpc) is 3.11. The highest BCUT2D eigenvalue weighted by Crippen LogP contribution is 2.32. The minimum atomic E-state index is -0.555. The van der Waals surface area contributed by atoms with Crippen LogP contribution >= 0.6 is 23.2 Å². The van der Waals surface area contributed by atoms with E-state index >= 15 is 0 Å². The number of hydrogen-bond donors (Lipinski definition) is 1. The van der Waals surface area contributed by atoms with Crippen molar-refractivity contribution < 1.29 is 14.3 Å². The molecule has 134 valence electrons. The molecule has 8 heteroatoms. The van der Waals surface area contributed by atoms with E-state index in [1.807, 2.05) is 12.1 Å². The number of H-pyrrole nitrogens is 1. The van der Waals surface area contributed by atoms with Gasteiger partial charge in [0.1, 0.15) is 18.1 Å². The van der Waals surface area contributed by atoms with E-state index in [1.165, 1.54) is 0 Å². The Morgan fingerprint density at radius 1 is 1.08 bits per heavy atom. The maximum atomic E-state index is 12.1. The maximum absolute atomic E-state index is 12.1. The van der Waals surface area contributed by atoms with Crippen LogP contribution in [0.4, 0.5) is 0 Å². The molecule has 0 spiro atoms. The Balaban J connectivity index is 1.90. The second kappa shape index (κ2) is 8.21. The van der Waals surface area contributed by atoms with Gasteiger partial charge in [-0.25, -0.2) is 4.79 Å². The van der Waals surface area contributed by atoms with E-state index in [0.717, 1.165) is 0 Å². The summed E-state index contributed by atoms with van der Waals surface area (Å²) in [6.45, 7) is 2.14. The lowest BCUT2D eigenvalue weighted by atomic mass is 10.1. The number of nitrogens with zero attached hydrogens (tertiary/aromatic N) is 2. The van der Waals surface area contributed by atoms with Crippen LogP contribution in [0.25, 0.3) is 11.3 Å². The van der Waals surface area contributed by atoms with Crippen molar-refractivity contribution in [3.63, 3.8) is 0 Å². The molecule has 0 fully saturated rings. The van der Waals surface area contributed by atoms with Crippen molar-refractivity contribution in [2.45, 2.75) is 13.5 Å². The Bertz CT molecular complexity index is 907. The van der Waals surface area contributed by atoms with Crippen LogP contribution in [0, 0.1) is 0 Å². The van der Waals surface area contributed by atoms with Gasteiger partial charge in [-0.3, -0.25) is 0 Å². The van der Waals surface area contributed by atoms with E-state index < -0.39 is 5.97 Å². The molecule has 0 saturated carbocycles. The topological polar surface area (TPSA) is 77.1 Å². The number of carbonyl (C=O) groups excluding carboxylic acids is 1. The fourth-order valence-electron chi connectivity index (χ4n) is 2.37. The number of nitrogens with one attached hydrogen (secondary N) is 1. The van der Waals surface area contributed by atoms with Gasteiger partial charge >= 0.3 is 5.97 Å². The van der Waals surface area contributed by atoms with Crippen molar-refractivity contribution in [2.75, 3.05) is 6.61 Å². The number of benzene rings is 2. The standard InChI is InChI=1S/C18H15Cl2N3O3/c1-2-25-18(24)17-16(21-23-22-17)11-6-3-4-9-15(11)26-10-12-13(19)7-5-8-14(12)20/h3-9H,2,10H2,1H3,(H,21,22,23). The first-order chi connectivity index (χ1) is 12.6. The number of aromatic amines is 1. The zero-order valence-electron chi connectivity index (χ0n) is 13.8. The van der Waals surface area contributed by atoms with Gasteiger partial charge in [0.05, 0.1) is 6.61 Å². The van der Waals surface area contributed by atoms with Crippen molar-refractivity contribution in [1.82, 2.24) is 15.4 Å². The summed E-state index contributed by atoms with van der Waals surface area (Å²) in [5.74, 6) is -0.0388. The van der Waals surface area contributed by atoms with Gasteiger partial charge in [-0.15, -0.1) is 5.10 Å². The number of halogens is 2. The number of hydrogen-bond acceptors (Lipinski definition) is 5. The zero-order valence-corrected chi connectivity index (χ0v) is 15.3. The third kappa shape index (κ3) is 3.81. The van der Waals surface area contributed by atoms with Crippen LogP contribution in [-0.2, 0) is 11.3 Å². The Labute approximate surface area is 160 Å². The quantitative estimate of drug-likeness (QED) is 0.624. The molecule has 3 rings (SSSR count). The molecule has 2 aromatic carbocycles. The van der Waals surface area contributed by atoms with E-state index in [4.69, 9.17) is 32.7 Å². The first-order valence-corrected chi connectivity index (χ1v) is 8.60. The van der Waals surface area contributed by atoms with Gasteiger partial charge in [-0.1, -0.05) is 41.4 Å². The molecule has 1 N–H and O–H groups in total. The summed E-state index contributed by atoms with van der Waals surface area (Å²) in [5, 5.41) is 11.5. The molecule has 0 bridgehead atoms. The summed E-state index contributed by atoms with van der Waals surface area (Å²) in [4.78, 5) is 12.1. The Kier molecular flexibility index (Phi) is 5.75. The minimum Gasteiger partial charge on any atom is -0.488 e. The van der Waals surface area contributed by atoms with E-state index in [-0.39, 0.29) is 18.9 Å². The van der Waals surface area contributed by atoms with Gasteiger partial charge in [0, 0.05) is 21.2 Å². The molecule has 0 aliphatic heterocycles. The molecule has 0 amide bonds. The SMILES string of the molecule is CCOC(=O)c1n[nH]nc1-c1ccccc1OCc1c(Cl)cccc1Cl. The third-order valence-corrected chi connectivity index (χ3v) is 4.30. The highest BCUT2D eigenvalue weighted by atomic mass is 35.5. The first kappa shape index (κ1) is 18.2. The van der Waals surface area contributed by atoms with Gasteiger partial charge in [-0.2, -0.15) is 10.3 Å². The largest absolute Gasteiger partial charge is 0.488 e. The highest BCUT2D eigenvalue weighted by Gasteiger charge is 2.21. The summed E-state index contributed by atoms with van der Waals surface area (Å²) in [7, 11) is 0. The van der Waals surface area contributed by atoms with E-state index in [2.05, 4.69) is 15.4 Å². The summed E-state index contributed by atoms with van der Waals surface area (Å²) in [6, 6.07) is 12.4. The van der Waals surface area contributed by atoms with Gasteiger partial charge in [0.25, 0.3) is 0 Å². The van der Waals surface area contributed by atoms with Gasteiger partial charge in [0.2, 0.25) is 0 Å². The predicted octanol–water partition coefficient (Wildman–Crippen LogP) is 4.53. The fraction of sp³-hybridized carbons (Fsp3) is 0.167. The molecule has 0 atom stereocenters. The van der Waals surface area contributed by atoms with Crippen molar-refractivity contribution in [3.05, 3.63) is 63.8 Å². The third-order valence-electron chi connectivity index (χ3n) is 3.59. The molecular weight excluding hydrogens is 377 g/mol. The van der Waals surface area contributed by atoms with Crippen LogP contribution in [0.15, 0.2) is 42.5 Å². The molecule has 26 heavy (non-hydrogen) atoms. The fourth-order valence-corrected chi connectivity index (χ4v) is 2.88. The molecule has 6 nitrogen and oxygen atoms in total. The van der Waals surface area contributed by atoms with Crippen LogP contribution < -0.4 is 4.74 Å². The molecule has 3 aromatic rings. The summed E-state index contributed by atoms with van der Waals surface area (Å²) >= 11 is 12.4. The Hall–Kier alpha value is -2.57. The molecular formula is C18H15Cl2N3O3. The number of carbonyl (C=O) groups is 1. The van der Waals surface area contributed by atoms with E-state index in [1.54, 1.807) is 37.3 Å².